The van der Waals surface area contributed by atoms with E-state index in [1.54, 1.807) is 30.5 Å². The van der Waals surface area contributed by atoms with Crippen molar-refractivity contribution in [3.63, 3.8) is 0 Å². The first-order chi connectivity index (χ1) is 10.1. The number of anilines is 3. The van der Waals surface area contributed by atoms with Gasteiger partial charge < -0.3 is 16.2 Å². The number of nitrogens with two attached hydrogens (primary N) is 1. The van der Waals surface area contributed by atoms with Crippen LogP contribution in [0.15, 0.2) is 54.7 Å². The number of aromatic carboxylic acids is 1. The molecule has 3 rings (SSSR count). The van der Waals surface area contributed by atoms with Gasteiger partial charge in [0.05, 0.1) is 5.56 Å². The topological polar surface area (TPSA) is 88.2 Å². The van der Waals surface area contributed by atoms with E-state index in [2.05, 4.69) is 10.3 Å². The van der Waals surface area contributed by atoms with E-state index in [0.717, 1.165) is 10.8 Å². The molecule has 3 aromatic rings. The minimum atomic E-state index is -0.964. The summed E-state index contributed by atoms with van der Waals surface area (Å²) in [5.74, 6) is -0.323. The molecule has 1 aromatic heterocycles. The molecule has 5 nitrogen and oxygen atoms in total. The van der Waals surface area contributed by atoms with Crippen LogP contribution in [-0.2, 0) is 0 Å². The third kappa shape index (κ3) is 2.49. The highest BCUT2D eigenvalue weighted by molar-refractivity contribution is 6.00. The van der Waals surface area contributed by atoms with Crippen molar-refractivity contribution >= 4 is 33.9 Å². The standard InChI is InChI=1S/C16H13N3O2/c17-14-6-2-5-13-12(14)7-8-18-15(13)19-11-4-1-3-10(9-11)16(20)21/h1-9H,17H2,(H,18,19)(H,20,21). The molecule has 0 spiro atoms. The second kappa shape index (κ2) is 5.13. The lowest BCUT2D eigenvalue weighted by Crippen LogP contribution is -1.99. The monoisotopic (exact) mass is 279 g/mol. The molecule has 0 radical (unpaired) electrons. The van der Waals surface area contributed by atoms with Crippen molar-refractivity contribution in [3.05, 3.63) is 60.3 Å². The Kier molecular flexibility index (Phi) is 3.16. The van der Waals surface area contributed by atoms with Gasteiger partial charge in [0.15, 0.2) is 0 Å². The molecule has 0 saturated carbocycles. The Morgan fingerprint density at radius 3 is 2.71 bits per heavy atom. The van der Waals surface area contributed by atoms with E-state index in [4.69, 9.17) is 10.8 Å². The van der Waals surface area contributed by atoms with Crippen molar-refractivity contribution < 1.29 is 9.90 Å². The van der Waals surface area contributed by atoms with Gasteiger partial charge in [-0.05, 0) is 30.3 Å². The van der Waals surface area contributed by atoms with Crippen LogP contribution >= 0.6 is 0 Å². The van der Waals surface area contributed by atoms with Gasteiger partial charge in [-0.3, -0.25) is 0 Å². The number of fused-ring (bicyclic) bond motifs is 1. The quantitative estimate of drug-likeness (QED) is 0.640. The summed E-state index contributed by atoms with van der Waals surface area (Å²) in [6, 6.07) is 14.0. The number of carbonyl (C=O) groups is 1. The van der Waals surface area contributed by atoms with Gasteiger partial charge in [0.25, 0.3) is 0 Å². The molecule has 5 heteroatoms. The van der Waals surface area contributed by atoms with Crippen LogP contribution in [0.5, 0.6) is 0 Å². The van der Waals surface area contributed by atoms with E-state index in [1.165, 1.54) is 0 Å². The Bertz CT molecular complexity index is 831. The Labute approximate surface area is 121 Å². The first-order valence-corrected chi connectivity index (χ1v) is 6.39. The van der Waals surface area contributed by atoms with Gasteiger partial charge in [0.2, 0.25) is 0 Å². The van der Waals surface area contributed by atoms with Crippen molar-refractivity contribution in [1.82, 2.24) is 4.98 Å². The molecule has 1 heterocycles. The van der Waals surface area contributed by atoms with Gasteiger partial charge in [-0.1, -0.05) is 18.2 Å². The first kappa shape index (κ1) is 12.9. The zero-order valence-electron chi connectivity index (χ0n) is 11.1. The lowest BCUT2D eigenvalue weighted by molar-refractivity contribution is 0.0697. The Balaban J connectivity index is 2.04. The zero-order chi connectivity index (χ0) is 14.8. The van der Waals surface area contributed by atoms with Crippen LogP contribution in [0.4, 0.5) is 17.2 Å². The molecule has 2 aromatic carbocycles. The summed E-state index contributed by atoms with van der Waals surface area (Å²) in [7, 11) is 0. The number of hydrogen-bond donors (Lipinski definition) is 3. The molecule has 0 atom stereocenters. The van der Waals surface area contributed by atoms with Gasteiger partial charge in [-0.25, -0.2) is 9.78 Å². The fraction of sp³-hybridized carbons (Fsp3) is 0. The van der Waals surface area contributed by atoms with Gasteiger partial charge in [0.1, 0.15) is 5.82 Å². The number of benzene rings is 2. The largest absolute Gasteiger partial charge is 0.478 e. The molecule has 4 N–H and O–H groups in total. The highest BCUT2D eigenvalue weighted by Crippen LogP contribution is 2.27. The van der Waals surface area contributed by atoms with Crippen LogP contribution in [0.2, 0.25) is 0 Å². The number of rotatable bonds is 3. The van der Waals surface area contributed by atoms with Gasteiger partial charge >= 0.3 is 5.97 Å². The van der Waals surface area contributed by atoms with Crippen LogP contribution in [0.3, 0.4) is 0 Å². The summed E-state index contributed by atoms with van der Waals surface area (Å²) < 4.78 is 0. The predicted octanol–water partition coefficient (Wildman–Crippen LogP) is 3.26. The Hall–Kier alpha value is -3.08. The molecule has 0 aliphatic carbocycles. The summed E-state index contributed by atoms with van der Waals surface area (Å²) in [4.78, 5) is 15.3. The van der Waals surface area contributed by atoms with Crippen molar-refractivity contribution in [3.8, 4) is 0 Å². The van der Waals surface area contributed by atoms with E-state index in [0.29, 0.717) is 17.2 Å². The fourth-order valence-corrected chi connectivity index (χ4v) is 2.20. The van der Waals surface area contributed by atoms with Crippen LogP contribution in [0.25, 0.3) is 10.8 Å². The maximum Gasteiger partial charge on any atom is 0.335 e. The minimum absolute atomic E-state index is 0.222. The molecular weight excluding hydrogens is 266 g/mol. The number of hydrogen-bond acceptors (Lipinski definition) is 4. The van der Waals surface area contributed by atoms with Gasteiger partial charge in [-0.15, -0.1) is 0 Å². The van der Waals surface area contributed by atoms with E-state index in [1.807, 2.05) is 24.3 Å². The highest BCUT2D eigenvalue weighted by atomic mass is 16.4. The lowest BCUT2D eigenvalue weighted by Gasteiger charge is -2.10. The Morgan fingerprint density at radius 2 is 1.90 bits per heavy atom. The summed E-state index contributed by atoms with van der Waals surface area (Å²) in [5, 5.41) is 14.0. The van der Waals surface area contributed by atoms with Crippen LogP contribution < -0.4 is 11.1 Å². The first-order valence-electron chi connectivity index (χ1n) is 6.39. The minimum Gasteiger partial charge on any atom is -0.478 e. The normalized spacial score (nSPS) is 10.5. The summed E-state index contributed by atoms with van der Waals surface area (Å²) in [5.41, 5.74) is 7.51. The molecule has 0 aliphatic heterocycles. The van der Waals surface area contributed by atoms with E-state index >= 15 is 0 Å². The van der Waals surface area contributed by atoms with Gasteiger partial charge in [-0.2, -0.15) is 0 Å². The maximum absolute atomic E-state index is 11.0. The average Bonchev–Trinajstić information content (AvgIpc) is 2.49. The number of carboxylic acids is 1. The smallest absolute Gasteiger partial charge is 0.335 e. The van der Waals surface area contributed by atoms with E-state index in [9.17, 15) is 4.79 Å². The summed E-state index contributed by atoms with van der Waals surface area (Å²) in [6.45, 7) is 0. The number of aromatic nitrogens is 1. The Morgan fingerprint density at radius 1 is 1.10 bits per heavy atom. The van der Waals surface area contributed by atoms with Crippen LogP contribution in [0, 0.1) is 0 Å². The molecule has 0 unspecified atom stereocenters. The third-order valence-electron chi connectivity index (χ3n) is 3.21. The van der Waals surface area contributed by atoms with Crippen molar-refractivity contribution in [2.75, 3.05) is 11.1 Å². The van der Waals surface area contributed by atoms with Crippen LogP contribution in [-0.4, -0.2) is 16.1 Å². The molecule has 0 saturated heterocycles. The molecule has 0 fully saturated rings. The van der Waals surface area contributed by atoms with Crippen molar-refractivity contribution in [2.24, 2.45) is 0 Å². The highest BCUT2D eigenvalue weighted by Gasteiger charge is 2.07. The van der Waals surface area contributed by atoms with Crippen LogP contribution in [0.1, 0.15) is 10.4 Å². The van der Waals surface area contributed by atoms with Crippen molar-refractivity contribution in [2.45, 2.75) is 0 Å². The molecule has 21 heavy (non-hydrogen) atoms. The second-order valence-electron chi connectivity index (χ2n) is 4.61. The lowest BCUT2D eigenvalue weighted by atomic mass is 10.1. The zero-order valence-corrected chi connectivity index (χ0v) is 11.1. The molecule has 104 valence electrons. The van der Waals surface area contributed by atoms with E-state index < -0.39 is 5.97 Å². The number of nitrogens with zero attached hydrogens (tertiary/aromatic N) is 1. The summed E-state index contributed by atoms with van der Waals surface area (Å²) >= 11 is 0. The summed E-state index contributed by atoms with van der Waals surface area (Å²) in [6.07, 6.45) is 1.67. The molecule has 0 aliphatic rings. The van der Waals surface area contributed by atoms with Crippen molar-refractivity contribution in [1.29, 1.82) is 0 Å². The number of carboxylic acid groups (broad SMARTS) is 1. The van der Waals surface area contributed by atoms with E-state index in [-0.39, 0.29) is 5.56 Å². The average molecular weight is 279 g/mol. The molecule has 0 amide bonds. The maximum atomic E-state index is 11.0. The number of nitrogen functional groups attached to an aromatic ring is 1. The number of pyridine rings is 1. The third-order valence-corrected chi connectivity index (χ3v) is 3.21. The SMILES string of the molecule is Nc1cccc2c(Nc3cccc(C(=O)O)c3)nccc12. The number of nitrogens with one attached hydrogen (secondary N) is 1. The second-order valence-corrected chi connectivity index (χ2v) is 4.61. The van der Waals surface area contributed by atoms with Gasteiger partial charge in [0, 0.05) is 28.3 Å². The molecular formula is C16H13N3O2. The predicted molar refractivity (Wildman–Crippen MR) is 82.8 cm³/mol. The fourth-order valence-electron chi connectivity index (χ4n) is 2.20. The molecule has 0 bridgehead atoms.